The van der Waals surface area contributed by atoms with E-state index in [0.29, 0.717) is 0 Å². The molecule has 0 radical (unpaired) electrons. The van der Waals surface area contributed by atoms with E-state index >= 15 is 0 Å². The fraction of sp³-hybridized carbons (Fsp3) is 0.167. The van der Waals surface area contributed by atoms with E-state index in [9.17, 15) is 17.6 Å². The van der Waals surface area contributed by atoms with Crippen molar-refractivity contribution in [1.29, 1.82) is 0 Å². The SMILES string of the molecule is COc1cc(-c2c(F)ccn2S(=O)(=O)c2ccc(C)cc2)oc1C(C)=O. The molecule has 0 unspecified atom stereocenters. The topological polar surface area (TPSA) is 78.5 Å². The van der Waals surface area contributed by atoms with Gasteiger partial charge in [0.25, 0.3) is 10.0 Å². The Morgan fingerprint density at radius 3 is 2.38 bits per heavy atom. The van der Waals surface area contributed by atoms with Crippen LogP contribution in [0.4, 0.5) is 4.39 Å². The maximum absolute atomic E-state index is 14.4. The minimum atomic E-state index is -4.05. The summed E-state index contributed by atoms with van der Waals surface area (Å²) in [6.07, 6.45) is 1.10. The van der Waals surface area contributed by atoms with Crippen LogP contribution in [0.2, 0.25) is 0 Å². The summed E-state index contributed by atoms with van der Waals surface area (Å²) in [5.74, 6) is -1.35. The normalized spacial score (nSPS) is 11.5. The summed E-state index contributed by atoms with van der Waals surface area (Å²) in [6, 6.07) is 8.48. The Kier molecular flexibility index (Phi) is 4.45. The number of benzene rings is 1. The van der Waals surface area contributed by atoms with E-state index in [1.807, 2.05) is 6.92 Å². The molecule has 26 heavy (non-hydrogen) atoms. The summed E-state index contributed by atoms with van der Waals surface area (Å²) in [6.45, 7) is 3.10. The monoisotopic (exact) mass is 377 g/mol. The van der Waals surface area contributed by atoms with Gasteiger partial charge in [0.1, 0.15) is 5.69 Å². The van der Waals surface area contributed by atoms with Gasteiger partial charge in [-0.3, -0.25) is 4.79 Å². The highest BCUT2D eigenvalue weighted by Gasteiger charge is 2.27. The summed E-state index contributed by atoms with van der Waals surface area (Å²) >= 11 is 0. The number of methoxy groups -OCH3 is 1. The van der Waals surface area contributed by atoms with E-state index < -0.39 is 21.6 Å². The summed E-state index contributed by atoms with van der Waals surface area (Å²) < 4.78 is 51.4. The molecule has 0 bridgehead atoms. The zero-order valence-electron chi connectivity index (χ0n) is 14.3. The molecule has 0 fully saturated rings. The van der Waals surface area contributed by atoms with Crippen molar-refractivity contribution < 1.29 is 26.8 Å². The average Bonchev–Trinajstić information content (AvgIpc) is 3.18. The van der Waals surface area contributed by atoms with Gasteiger partial charge in [-0.15, -0.1) is 0 Å². The van der Waals surface area contributed by atoms with Crippen LogP contribution in [-0.4, -0.2) is 25.3 Å². The molecular weight excluding hydrogens is 361 g/mol. The van der Waals surface area contributed by atoms with Crippen LogP contribution in [0.3, 0.4) is 0 Å². The molecule has 0 saturated carbocycles. The van der Waals surface area contributed by atoms with Crippen LogP contribution in [0.1, 0.15) is 23.0 Å². The van der Waals surface area contributed by atoms with Crippen molar-refractivity contribution in [2.75, 3.05) is 7.11 Å². The van der Waals surface area contributed by atoms with Crippen LogP contribution in [0, 0.1) is 12.7 Å². The van der Waals surface area contributed by atoms with Crippen molar-refractivity contribution in [1.82, 2.24) is 3.97 Å². The van der Waals surface area contributed by atoms with Crippen molar-refractivity contribution in [3.63, 3.8) is 0 Å². The fourth-order valence-corrected chi connectivity index (χ4v) is 3.88. The summed E-state index contributed by atoms with van der Waals surface area (Å²) in [5, 5.41) is 0. The Hall–Kier alpha value is -2.87. The zero-order chi connectivity index (χ0) is 19.1. The summed E-state index contributed by atoms with van der Waals surface area (Å²) in [4.78, 5) is 11.6. The van der Waals surface area contributed by atoms with Gasteiger partial charge >= 0.3 is 0 Å². The van der Waals surface area contributed by atoms with E-state index in [2.05, 4.69) is 0 Å². The first-order valence-electron chi connectivity index (χ1n) is 7.64. The Labute approximate surface area is 149 Å². The Morgan fingerprint density at radius 2 is 1.85 bits per heavy atom. The molecule has 3 rings (SSSR count). The largest absolute Gasteiger partial charge is 0.493 e. The molecule has 0 atom stereocenters. The van der Waals surface area contributed by atoms with Crippen molar-refractivity contribution in [2.24, 2.45) is 0 Å². The van der Waals surface area contributed by atoms with Crippen LogP contribution in [0.5, 0.6) is 5.75 Å². The highest BCUT2D eigenvalue weighted by atomic mass is 32.2. The lowest BCUT2D eigenvalue weighted by molar-refractivity contribution is 0.0984. The van der Waals surface area contributed by atoms with Gasteiger partial charge in [-0.25, -0.2) is 16.8 Å². The number of hydrogen-bond acceptors (Lipinski definition) is 5. The number of furan rings is 1. The molecule has 2 heterocycles. The van der Waals surface area contributed by atoms with Gasteiger partial charge in [0.15, 0.2) is 23.1 Å². The number of Topliss-reactive ketones (excluding diaryl/α,β-unsaturated/α-hetero) is 1. The molecule has 0 N–H and O–H groups in total. The fourth-order valence-electron chi connectivity index (χ4n) is 2.53. The first kappa shape index (κ1) is 17.9. The van der Waals surface area contributed by atoms with Crippen molar-refractivity contribution in [3.8, 4) is 17.2 Å². The Morgan fingerprint density at radius 1 is 1.19 bits per heavy atom. The molecule has 8 heteroatoms. The van der Waals surface area contributed by atoms with E-state index in [4.69, 9.17) is 9.15 Å². The van der Waals surface area contributed by atoms with Crippen LogP contribution >= 0.6 is 0 Å². The maximum atomic E-state index is 14.4. The molecule has 136 valence electrons. The number of ether oxygens (including phenoxy) is 1. The molecule has 0 aliphatic heterocycles. The van der Waals surface area contributed by atoms with Gasteiger partial charge in [-0.05, 0) is 25.1 Å². The molecular formula is C18H16FNO5S. The van der Waals surface area contributed by atoms with Gasteiger partial charge in [-0.2, -0.15) is 0 Å². The number of hydrogen-bond donors (Lipinski definition) is 0. The molecule has 1 aromatic carbocycles. The average molecular weight is 377 g/mol. The summed E-state index contributed by atoms with van der Waals surface area (Å²) in [5.41, 5.74) is 0.584. The van der Waals surface area contributed by atoms with Crippen LogP contribution in [0.25, 0.3) is 11.5 Å². The molecule has 0 aliphatic carbocycles. The highest BCUT2D eigenvalue weighted by Crippen LogP contribution is 2.34. The Bertz CT molecular complexity index is 1080. The van der Waals surface area contributed by atoms with Crippen molar-refractivity contribution in [2.45, 2.75) is 18.7 Å². The lowest BCUT2D eigenvalue weighted by Gasteiger charge is -2.09. The predicted molar refractivity (Wildman–Crippen MR) is 92.4 cm³/mol. The standard InChI is InChI=1S/C18H16FNO5S/c1-11-4-6-13(7-5-11)26(22,23)20-9-8-14(19)17(20)15-10-16(24-3)18(25-15)12(2)21/h4-10H,1-3H3. The third kappa shape index (κ3) is 2.92. The van der Waals surface area contributed by atoms with Crippen molar-refractivity contribution in [3.05, 3.63) is 59.7 Å². The third-order valence-corrected chi connectivity index (χ3v) is 5.54. The lowest BCUT2D eigenvalue weighted by atomic mass is 10.2. The number of carbonyl (C=O) groups excluding carboxylic acids is 1. The molecule has 3 aromatic rings. The van der Waals surface area contributed by atoms with Crippen LogP contribution < -0.4 is 4.74 Å². The van der Waals surface area contributed by atoms with Gasteiger partial charge < -0.3 is 9.15 Å². The second kappa shape index (κ2) is 6.45. The van der Waals surface area contributed by atoms with E-state index in [0.717, 1.165) is 21.8 Å². The smallest absolute Gasteiger partial charge is 0.268 e. The number of nitrogens with zero attached hydrogens (tertiary/aromatic N) is 1. The number of halogens is 1. The quantitative estimate of drug-likeness (QED) is 0.634. The number of aryl methyl sites for hydroxylation is 1. The maximum Gasteiger partial charge on any atom is 0.268 e. The molecule has 0 aliphatic rings. The van der Waals surface area contributed by atoms with Gasteiger partial charge in [0.2, 0.25) is 5.76 Å². The number of aromatic nitrogens is 1. The van der Waals surface area contributed by atoms with Crippen LogP contribution in [-0.2, 0) is 10.0 Å². The second-order valence-electron chi connectivity index (χ2n) is 5.69. The Balaban J connectivity index is 2.19. The van der Waals surface area contributed by atoms with E-state index in [1.54, 1.807) is 12.1 Å². The highest BCUT2D eigenvalue weighted by molar-refractivity contribution is 7.90. The second-order valence-corrected chi connectivity index (χ2v) is 7.51. The number of rotatable bonds is 5. The zero-order valence-corrected chi connectivity index (χ0v) is 15.1. The van der Waals surface area contributed by atoms with Crippen LogP contribution in [0.15, 0.2) is 51.9 Å². The van der Waals surface area contributed by atoms with Crippen molar-refractivity contribution >= 4 is 15.8 Å². The predicted octanol–water partition coefficient (Wildman–Crippen LogP) is 3.64. The summed E-state index contributed by atoms with van der Waals surface area (Å²) in [7, 11) is -2.72. The molecule has 0 spiro atoms. The molecule has 2 aromatic heterocycles. The first-order chi connectivity index (χ1) is 12.3. The first-order valence-corrected chi connectivity index (χ1v) is 9.08. The van der Waals surface area contributed by atoms with E-state index in [-0.39, 0.29) is 27.9 Å². The van der Waals surface area contributed by atoms with E-state index in [1.165, 1.54) is 32.2 Å². The molecule has 6 nitrogen and oxygen atoms in total. The lowest BCUT2D eigenvalue weighted by Crippen LogP contribution is -2.13. The number of ketones is 1. The van der Waals surface area contributed by atoms with Gasteiger partial charge in [-0.1, -0.05) is 17.7 Å². The number of carbonyl (C=O) groups is 1. The minimum absolute atomic E-state index is 0.00487. The van der Waals surface area contributed by atoms with Gasteiger partial charge in [0, 0.05) is 19.2 Å². The molecule has 0 amide bonds. The third-order valence-electron chi connectivity index (χ3n) is 3.85. The van der Waals surface area contributed by atoms with Gasteiger partial charge in [0.05, 0.1) is 12.0 Å². The molecule has 0 saturated heterocycles. The minimum Gasteiger partial charge on any atom is -0.493 e.